The van der Waals surface area contributed by atoms with Gasteiger partial charge in [-0.3, -0.25) is 4.79 Å². The molecule has 0 spiro atoms. The summed E-state index contributed by atoms with van der Waals surface area (Å²) in [5, 5.41) is 5.26. The first-order chi connectivity index (χ1) is 9.83. The lowest BCUT2D eigenvalue weighted by molar-refractivity contribution is -0.130. The van der Waals surface area contributed by atoms with Crippen LogP contribution in [-0.2, 0) is 11.3 Å². The Labute approximate surface area is 135 Å². The van der Waals surface area contributed by atoms with E-state index in [1.165, 1.54) is 4.88 Å². The first kappa shape index (κ1) is 15.9. The molecule has 1 saturated carbocycles. The van der Waals surface area contributed by atoms with E-state index < -0.39 is 0 Å². The second-order valence-electron chi connectivity index (χ2n) is 5.05. The van der Waals surface area contributed by atoms with Gasteiger partial charge in [-0.15, -0.1) is 23.7 Å². The number of halogens is 1. The van der Waals surface area contributed by atoms with E-state index in [1.807, 2.05) is 41.3 Å². The Hall–Kier alpha value is -1.52. The van der Waals surface area contributed by atoms with Crippen LogP contribution in [0.2, 0.25) is 0 Å². The van der Waals surface area contributed by atoms with Crippen LogP contribution in [0, 0.1) is 0 Å². The van der Waals surface area contributed by atoms with Crippen LogP contribution in [0.25, 0.3) is 0 Å². The van der Waals surface area contributed by atoms with Crippen molar-refractivity contribution in [3.63, 3.8) is 0 Å². The summed E-state index contributed by atoms with van der Waals surface area (Å²) < 4.78 is 0. The molecule has 112 valence electrons. The SMILES string of the molecule is Cl.O=C(CNc1ccccc1)N(Cc1cccs1)C1CC1. The summed E-state index contributed by atoms with van der Waals surface area (Å²) >= 11 is 1.71. The standard InChI is InChI=1S/C16H18N2OS.ClH/c19-16(11-17-13-5-2-1-3-6-13)18(14-8-9-14)12-15-7-4-10-20-15;/h1-7,10,14,17H,8-9,11-12H2;1H. The molecule has 1 aliphatic rings. The summed E-state index contributed by atoms with van der Waals surface area (Å²) in [6, 6.07) is 14.5. The maximum atomic E-state index is 12.4. The quantitative estimate of drug-likeness (QED) is 0.878. The van der Waals surface area contributed by atoms with Crippen molar-refractivity contribution in [3.05, 3.63) is 52.7 Å². The number of anilines is 1. The molecule has 0 unspecified atom stereocenters. The molecular weight excluding hydrogens is 304 g/mol. The zero-order valence-electron chi connectivity index (χ0n) is 11.7. The zero-order chi connectivity index (χ0) is 13.8. The average molecular weight is 323 g/mol. The van der Waals surface area contributed by atoms with Gasteiger partial charge in [0.05, 0.1) is 13.1 Å². The highest BCUT2D eigenvalue weighted by atomic mass is 35.5. The van der Waals surface area contributed by atoms with E-state index in [0.29, 0.717) is 12.6 Å². The van der Waals surface area contributed by atoms with Gasteiger partial charge < -0.3 is 10.2 Å². The normalized spacial score (nSPS) is 13.3. The molecule has 5 heteroatoms. The van der Waals surface area contributed by atoms with Gasteiger partial charge in [-0.1, -0.05) is 24.3 Å². The summed E-state index contributed by atoms with van der Waals surface area (Å²) in [4.78, 5) is 15.7. The number of carbonyl (C=O) groups excluding carboxylic acids is 1. The third-order valence-electron chi connectivity index (χ3n) is 3.43. The molecule has 1 N–H and O–H groups in total. The van der Waals surface area contributed by atoms with E-state index in [1.54, 1.807) is 11.3 Å². The third-order valence-corrected chi connectivity index (χ3v) is 4.29. The first-order valence-electron chi connectivity index (χ1n) is 6.94. The number of nitrogens with one attached hydrogen (secondary N) is 1. The lowest BCUT2D eigenvalue weighted by Crippen LogP contribution is -2.36. The fourth-order valence-corrected chi connectivity index (χ4v) is 2.92. The summed E-state index contributed by atoms with van der Waals surface area (Å²) in [7, 11) is 0. The topological polar surface area (TPSA) is 32.3 Å². The molecule has 1 heterocycles. The number of hydrogen-bond donors (Lipinski definition) is 1. The maximum absolute atomic E-state index is 12.4. The average Bonchev–Trinajstić information content (AvgIpc) is 3.20. The van der Waals surface area contributed by atoms with Gasteiger partial charge in [0.25, 0.3) is 0 Å². The first-order valence-corrected chi connectivity index (χ1v) is 7.81. The minimum atomic E-state index is 0. The minimum absolute atomic E-state index is 0. The van der Waals surface area contributed by atoms with Gasteiger partial charge in [0.15, 0.2) is 0 Å². The molecule has 0 aliphatic heterocycles. The third kappa shape index (κ3) is 4.48. The highest BCUT2D eigenvalue weighted by molar-refractivity contribution is 7.09. The van der Waals surface area contributed by atoms with E-state index in [2.05, 4.69) is 16.8 Å². The molecule has 21 heavy (non-hydrogen) atoms. The lowest BCUT2D eigenvalue weighted by atomic mass is 10.3. The number of thiophene rings is 1. The molecule has 1 aromatic heterocycles. The molecule has 3 rings (SSSR count). The van der Waals surface area contributed by atoms with Crippen molar-refractivity contribution < 1.29 is 4.79 Å². The molecular formula is C16H19ClN2OS. The number of hydrogen-bond acceptors (Lipinski definition) is 3. The van der Waals surface area contributed by atoms with Crippen LogP contribution in [-0.4, -0.2) is 23.4 Å². The van der Waals surface area contributed by atoms with E-state index in [4.69, 9.17) is 0 Å². The second kappa shape index (κ2) is 7.48. The Kier molecular flexibility index (Phi) is 5.65. The van der Waals surface area contributed by atoms with Crippen molar-refractivity contribution in [1.82, 2.24) is 4.90 Å². The lowest BCUT2D eigenvalue weighted by Gasteiger charge is -2.22. The van der Waals surface area contributed by atoms with Gasteiger partial charge in [0.2, 0.25) is 5.91 Å². The van der Waals surface area contributed by atoms with Crippen LogP contribution in [0.3, 0.4) is 0 Å². The van der Waals surface area contributed by atoms with Gasteiger partial charge in [-0.2, -0.15) is 0 Å². The number of amides is 1. The van der Waals surface area contributed by atoms with Crippen LogP contribution in [0.1, 0.15) is 17.7 Å². The Balaban J connectivity index is 0.00000161. The van der Waals surface area contributed by atoms with Gasteiger partial charge >= 0.3 is 0 Å². The molecule has 0 saturated heterocycles. The number of para-hydroxylation sites is 1. The van der Waals surface area contributed by atoms with E-state index >= 15 is 0 Å². The van der Waals surface area contributed by atoms with E-state index in [-0.39, 0.29) is 18.3 Å². The van der Waals surface area contributed by atoms with Crippen molar-refractivity contribution in [2.24, 2.45) is 0 Å². The molecule has 0 atom stereocenters. The van der Waals surface area contributed by atoms with E-state index in [9.17, 15) is 4.79 Å². The maximum Gasteiger partial charge on any atom is 0.242 e. The monoisotopic (exact) mass is 322 g/mol. The summed E-state index contributed by atoms with van der Waals surface area (Å²) in [5.41, 5.74) is 0.993. The van der Waals surface area contributed by atoms with Gasteiger partial charge in [-0.05, 0) is 36.4 Å². The Morgan fingerprint density at radius 1 is 1.19 bits per heavy atom. The van der Waals surface area contributed by atoms with Gasteiger partial charge in [-0.25, -0.2) is 0 Å². The molecule has 0 bridgehead atoms. The fourth-order valence-electron chi connectivity index (χ4n) is 2.21. The highest BCUT2D eigenvalue weighted by Crippen LogP contribution is 2.29. The van der Waals surface area contributed by atoms with Gasteiger partial charge in [0, 0.05) is 16.6 Å². The predicted molar refractivity (Wildman–Crippen MR) is 90.1 cm³/mol. The minimum Gasteiger partial charge on any atom is -0.376 e. The summed E-state index contributed by atoms with van der Waals surface area (Å²) in [6.07, 6.45) is 2.28. The van der Waals surface area contributed by atoms with Crippen LogP contribution < -0.4 is 5.32 Å². The predicted octanol–water partition coefficient (Wildman–Crippen LogP) is 3.77. The van der Waals surface area contributed by atoms with Crippen LogP contribution in [0.15, 0.2) is 47.8 Å². The van der Waals surface area contributed by atoms with Crippen molar-refractivity contribution >= 4 is 35.3 Å². The Bertz CT molecular complexity index is 555. The molecule has 1 aliphatic carbocycles. The number of benzene rings is 1. The van der Waals surface area contributed by atoms with Crippen LogP contribution in [0.5, 0.6) is 0 Å². The van der Waals surface area contributed by atoms with Crippen LogP contribution >= 0.6 is 23.7 Å². The second-order valence-corrected chi connectivity index (χ2v) is 6.08. The number of nitrogens with zero attached hydrogens (tertiary/aromatic N) is 1. The van der Waals surface area contributed by atoms with Crippen molar-refractivity contribution in [3.8, 4) is 0 Å². The number of rotatable bonds is 6. The molecule has 3 nitrogen and oxygen atoms in total. The Morgan fingerprint density at radius 3 is 2.57 bits per heavy atom. The smallest absolute Gasteiger partial charge is 0.242 e. The van der Waals surface area contributed by atoms with Gasteiger partial charge in [0.1, 0.15) is 0 Å². The molecule has 2 aromatic rings. The van der Waals surface area contributed by atoms with Crippen molar-refractivity contribution in [1.29, 1.82) is 0 Å². The highest BCUT2D eigenvalue weighted by Gasteiger charge is 2.32. The largest absolute Gasteiger partial charge is 0.376 e. The van der Waals surface area contributed by atoms with Crippen molar-refractivity contribution in [2.45, 2.75) is 25.4 Å². The number of carbonyl (C=O) groups is 1. The van der Waals surface area contributed by atoms with E-state index in [0.717, 1.165) is 25.1 Å². The molecule has 0 radical (unpaired) electrons. The van der Waals surface area contributed by atoms with Crippen LogP contribution in [0.4, 0.5) is 5.69 Å². The summed E-state index contributed by atoms with van der Waals surface area (Å²) in [5.74, 6) is 0.185. The summed E-state index contributed by atoms with van der Waals surface area (Å²) in [6.45, 7) is 1.11. The molecule has 1 fully saturated rings. The van der Waals surface area contributed by atoms with Crippen molar-refractivity contribution in [2.75, 3.05) is 11.9 Å². The Morgan fingerprint density at radius 2 is 1.95 bits per heavy atom. The zero-order valence-corrected chi connectivity index (χ0v) is 13.3. The molecule has 1 aromatic carbocycles. The fraction of sp³-hybridized carbons (Fsp3) is 0.312. The molecule has 1 amide bonds.